The molecule has 1 unspecified atom stereocenters. The number of aliphatic carboxylic acids is 1. The lowest BCUT2D eigenvalue weighted by Crippen LogP contribution is -2.10. The lowest BCUT2D eigenvalue weighted by atomic mass is 10.1. The molecule has 76 valence electrons. The number of aliphatic hydroxyl groups excluding tert-OH is 1. The first kappa shape index (κ1) is 11.4. The van der Waals surface area contributed by atoms with Crippen molar-refractivity contribution in [1.29, 1.82) is 0 Å². The average Bonchev–Trinajstić information content (AvgIpc) is 2.12. The first-order valence-electron chi connectivity index (χ1n) is 3.48. The maximum Gasteiger partial charge on any atom is 0.337 e. The van der Waals surface area contributed by atoms with Gasteiger partial charge in [-0.3, -0.25) is 0 Å². The van der Waals surface area contributed by atoms with Crippen LogP contribution in [-0.4, -0.2) is 16.2 Å². The van der Waals surface area contributed by atoms with Gasteiger partial charge in [-0.15, -0.1) is 0 Å². The Balaban J connectivity index is 3.19. The highest BCUT2D eigenvalue weighted by Gasteiger charge is 2.18. The molecule has 1 atom stereocenters. The van der Waals surface area contributed by atoms with Crippen molar-refractivity contribution in [3.63, 3.8) is 0 Å². The summed E-state index contributed by atoms with van der Waals surface area (Å²) in [5.41, 5.74) is -0.0943. The molecule has 0 heterocycles. The van der Waals surface area contributed by atoms with Crippen molar-refractivity contribution in [3.8, 4) is 0 Å². The Hall–Kier alpha value is -0.650. The van der Waals surface area contributed by atoms with Gasteiger partial charge in [-0.05, 0) is 33.6 Å². The molecule has 0 aliphatic carbocycles. The topological polar surface area (TPSA) is 57.5 Å². The Morgan fingerprint density at radius 2 is 2.14 bits per heavy atom. The number of hydrogen-bond acceptors (Lipinski definition) is 2. The highest BCUT2D eigenvalue weighted by Crippen LogP contribution is 2.29. The van der Waals surface area contributed by atoms with Gasteiger partial charge in [0.1, 0.15) is 5.82 Å². The molecule has 0 aliphatic rings. The van der Waals surface area contributed by atoms with Crippen LogP contribution in [0, 0.1) is 5.82 Å². The van der Waals surface area contributed by atoms with Crippen LogP contribution < -0.4 is 0 Å². The normalized spacial score (nSPS) is 12.6. The second-order valence-electron chi connectivity index (χ2n) is 2.54. The van der Waals surface area contributed by atoms with E-state index in [0.29, 0.717) is 0 Å². The third-order valence-corrected chi connectivity index (χ3v) is 2.89. The van der Waals surface area contributed by atoms with Crippen molar-refractivity contribution < 1.29 is 19.4 Å². The predicted octanol–water partition coefficient (Wildman–Crippen LogP) is 2.36. The molecule has 0 spiro atoms. The van der Waals surface area contributed by atoms with Crippen LogP contribution in [0.1, 0.15) is 11.7 Å². The SMILES string of the molecule is O=C(O)C(O)c1cc(F)c(Br)c(Cl)c1. The predicted molar refractivity (Wildman–Crippen MR) is 51.7 cm³/mol. The van der Waals surface area contributed by atoms with Gasteiger partial charge in [-0.2, -0.15) is 0 Å². The Bertz CT molecular complexity index is 360. The van der Waals surface area contributed by atoms with Gasteiger partial charge in [0.25, 0.3) is 0 Å². The lowest BCUT2D eigenvalue weighted by Gasteiger charge is -2.07. The van der Waals surface area contributed by atoms with E-state index in [-0.39, 0.29) is 15.1 Å². The van der Waals surface area contributed by atoms with E-state index in [1.54, 1.807) is 0 Å². The molecule has 0 aromatic heterocycles. The van der Waals surface area contributed by atoms with E-state index in [1.165, 1.54) is 6.07 Å². The lowest BCUT2D eigenvalue weighted by molar-refractivity contribution is -0.146. The molecule has 0 saturated heterocycles. The van der Waals surface area contributed by atoms with Gasteiger partial charge in [-0.1, -0.05) is 11.6 Å². The fourth-order valence-electron chi connectivity index (χ4n) is 0.876. The largest absolute Gasteiger partial charge is 0.479 e. The Morgan fingerprint density at radius 3 is 2.57 bits per heavy atom. The van der Waals surface area contributed by atoms with Gasteiger partial charge in [0.05, 0.1) is 9.50 Å². The molecule has 14 heavy (non-hydrogen) atoms. The number of carbonyl (C=O) groups is 1. The van der Waals surface area contributed by atoms with Crippen LogP contribution in [0.25, 0.3) is 0 Å². The van der Waals surface area contributed by atoms with Gasteiger partial charge in [0.15, 0.2) is 6.10 Å². The minimum absolute atomic E-state index is 0.0142. The van der Waals surface area contributed by atoms with Gasteiger partial charge in [-0.25, -0.2) is 9.18 Å². The van der Waals surface area contributed by atoms with Crippen molar-refractivity contribution in [2.75, 3.05) is 0 Å². The van der Waals surface area contributed by atoms with E-state index in [9.17, 15) is 9.18 Å². The quantitative estimate of drug-likeness (QED) is 0.819. The number of rotatable bonds is 2. The van der Waals surface area contributed by atoms with Gasteiger partial charge in [0.2, 0.25) is 0 Å². The number of carboxylic acids is 1. The van der Waals surface area contributed by atoms with Gasteiger partial charge >= 0.3 is 5.97 Å². The van der Waals surface area contributed by atoms with E-state index < -0.39 is 17.9 Å². The van der Waals surface area contributed by atoms with E-state index in [4.69, 9.17) is 21.8 Å². The van der Waals surface area contributed by atoms with Crippen LogP contribution >= 0.6 is 27.5 Å². The summed E-state index contributed by atoms with van der Waals surface area (Å²) in [5.74, 6) is -2.17. The highest BCUT2D eigenvalue weighted by molar-refractivity contribution is 9.10. The minimum atomic E-state index is -1.77. The molecular weight excluding hydrogens is 278 g/mol. The van der Waals surface area contributed by atoms with Crippen LogP contribution in [0.3, 0.4) is 0 Å². The molecular formula is C8H5BrClFO3. The summed E-state index contributed by atoms with van der Waals surface area (Å²) in [7, 11) is 0. The average molecular weight is 283 g/mol. The summed E-state index contributed by atoms with van der Waals surface area (Å²) >= 11 is 8.44. The molecule has 0 amide bonds. The number of hydrogen-bond donors (Lipinski definition) is 2. The summed E-state index contributed by atoms with van der Waals surface area (Å²) in [6.07, 6.45) is -1.77. The summed E-state index contributed by atoms with van der Waals surface area (Å²) in [6.45, 7) is 0. The van der Waals surface area contributed by atoms with Gasteiger partial charge in [0, 0.05) is 0 Å². The molecule has 0 saturated carbocycles. The minimum Gasteiger partial charge on any atom is -0.479 e. The molecule has 1 aromatic carbocycles. The second-order valence-corrected chi connectivity index (χ2v) is 3.74. The Morgan fingerprint density at radius 1 is 1.57 bits per heavy atom. The fraction of sp³-hybridized carbons (Fsp3) is 0.125. The van der Waals surface area contributed by atoms with Crippen molar-refractivity contribution in [2.24, 2.45) is 0 Å². The standard InChI is InChI=1S/C8H5BrClFO3/c9-6-4(10)1-3(2-5(6)11)7(12)8(13)14/h1-2,7,12H,(H,13,14). The Labute approximate surface area is 92.2 Å². The zero-order chi connectivity index (χ0) is 10.9. The summed E-state index contributed by atoms with van der Waals surface area (Å²) in [6, 6.07) is 2.10. The first-order chi connectivity index (χ1) is 6.43. The zero-order valence-electron chi connectivity index (χ0n) is 6.67. The second kappa shape index (κ2) is 4.25. The maximum absolute atomic E-state index is 13.0. The number of benzene rings is 1. The van der Waals surface area contributed by atoms with Crippen molar-refractivity contribution in [3.05, 3.63) is 33.0 Å². The van der Waals surface area contributed by atoms with Gasteiger partial charge < -0.3 is 10.2 Å². The van der Waals surface area contributed by atoms with E-state index in [2.05, 4.69) is 15.9 Å². The molecule has 0 bridgehead atoms. The highest BCUT2D eigenvalue weighted by atomic mass is 79.9. The molecule has 0 aliphatic heterocycles. The van der Waals surface area contributed by atoms with Crippen LogP contribution in [0.5, 0.6) is 0 Å². The summed E-state index contributed by atoms with van der Waals surface area (Å²) < 4.78 is 13.1. The summed E-state index contributed by atoms with van der Waals surface area (Å²) in [5, 5.41) is 17.6. The van der Waals surface area contributed by atoms with Crippen molar-refractivity contribution in [2.45, 2.75) is 6.10 Å². The monoisotopic (exact) mass is 282 g/mol. The van der Waals surface area contributed by atoms with Crippen LogP contribution in [-0.2, 0) is 4.79 Å². The molecule has 3 nitrogen and oxygen atoms in total. The smallest absolute Gasteiger partial charge is 0.337 e. The fourth-order valence-corrected chi connectivity index (χ4v) is 1.32. The molecule has 1 aromatic rings. The first-order valence-corrected chi connectivity index (χ1v) is 4.66. The number of halogens is 3. The maximum atomic E-state index is 13.0. The number of aliphatic hydroxyl groups is 1. The Kier molecular flexibility index (Phi) is 3.47. The summed E-state index contributed by atoms with van der Waals surface area (Å²) in [4.78, 5) is 10.4. The zero-order valence-corrected chi connectivity index (χ0v) is 9.01. The molecule has 0 radical (unpaired) electrons. The third-order valence-electron chi connectivity index (χ3n) is 1.56. The van der Waals surface area contributed by atoms with Crippen LogP contribution in [0.4, 0.5) is 4.39 Å². The molecule has 1 rings (SSSR count). The van der Waals surface area contributed by atoms with Crippen LogP contribution in [0.15, 0.2) is 16.6 Å². The van der Waals surface area contributed by atoms with E-state index in [1.807, 2.05) is 0 Å². The van der Waals surface area contributed by atoms with Crippen LogP contribution in [0.2, 0.25) is 5.02 Å². The van der Waals surface area contributed by atoms with E-state index in [0.717, 1.165) is 6.07 Å². The van der Waals surface area contributed by atoms with E-state index >= 15 is 0 Å². The third kappa shape index (κ3) is 2.23. The van der Waals surface area contributed by atoms with Crippen molar-refractivity contribution in [1.82, 2.24) is 0 Å². The molecule has 6 heteroatoms. The molecule has 0 fully saturated rings. The van der Waals surface area contributed by atoms with Crippen molar-refractivity contribution >= 4 is 33.5 Å². The molecule has 2 N–H and O–H groups in total. The number of carboxylic acid groups (broad SMARTS) is 1.